The molecule has 2 aromatic heterocycles. The van der Waals surface area contributed by atoms with Crippen LogP contribution in [0.3, 0.4) is 0 Å². The van der Waals surface area contributed by atoms with Gasteiger partial charge in [-0.2, -0.15) is 22.6 Å². The number of nitrogens with zero attached hydrogens (tertiary/aromatic N) is 6. The number of imidazole rings is 1. The van der Waals surface area contributed by atoms with Crippen molar-refractivity contribution in [2.45, 2.75) is 11.1 Å². The highest BCUT2D eigenvalue weighted by atomic mass is 35.5. The first-order valence-corrected chi connectivity index (χ1v) is 13.7. The van der Waals surface area contributed by atoms with Crippen molar-refractivity contribution in [3.05, 3.63) is 47.1 Å². The van der Waals surface area contributed by atoms with Gasteiger partial charge in [0.05, 0.1) is 35.2 Å². The number of aromatic nitrogens is 4. The van der Waals surface area contributed by atoms with Gasteiger partial charge in [-0.25, -0.2) is 13.4 Å². The first kappa shape index (κ1) is 29.5. The molecule has 0 unspecified atom stereocenters. The second kappa shape index (κ2) is 11.2. The fourth-order valence-corrected chi connectivity index (χ4v) is 6.17. The van der Waals surface area contributed by atoms with Gasteiger partial charge in [0, 0.05) is 38.9 Å². The van der Waals surface area contributed by atoms with E-state index in [1.54, 1.807) is 23.9 Å². The summed E-state index contributed by atoms with van der Waals surface area (Å²) in [6.07, 6.45) is -2.58. The first-order valence-electron chi connectivity index (χ1n) is 11.9. The Morgan fingerprint density at radius 1 is 1.15 bits per heavy atom. The number of nitrogens with one attached hydrogen (secondary N) is 2. The summed E-state index contributed by atoms with van der Waals surface area (Å²) in [6.45, 7) is 0.914. The molecule has 1 fully saturated rings. The van der Waals surface area contributed by atoms with Gasteiger partial charge < -0.3 is 19.7 Å². The van der Waals surface area contributed by atoms with Crippen molar-refractivity contribution in [3.8, 4) is 11.3 Å². The molecule has 0 saturated carbocycles. The molecule has 0 spiro atoms. The Morgan fingerprint density at radius 3 is 2.42 bits per heavy atom. The lowest BCUT2D eigenvalue weighted by atomic mass is 10.2. The third kappa shape index (κ3) is 5.99. The number of hydrogen-bond donors (Lipinski definition) is 2. The summed E-state index contributed by atoms with van der Waals surface area (Å²) < 4.78 is 68.6. The van der Waals surface area contributed by atoms with Gasteiger partial charge in [-0.3, -0.25) is 14.7 Å². The number of aromatic amines is 1. The Labute approximate surface area is 232 Å². The Kier molecular flexibility index (Phi) is 8.26. The maximum Gasteiger partial charge on any atom is 0.433 e. The van der Waals surface area contributed by atoms with Gasteiger partial charge in [0.25, 0.3) is 5.91 Å². The van der Waals surface area contributed by atoms with E-state index < -0.39 is 27.8 Å². The molecule has 3 aromatic rings. The van der Waals surface area contributed by atoms with Crippen molar-refractivity contribution in [1.82, 2.24) is 33.9 Å². The monoisotopic (exact) mass is 602 g/mol. The third-order valence-corrected chi connectivity index (χ3v) is 8.62. The number of sulfonamides is 1. The molecule has 0 radical (unpaired) electrons. The van der Waals surface area contributed by atoms with E-state index in [2.05, 4.69) is 15.4 Å². The van der Waals surface area contributed by atoms with Crippen LogP contribution < -0.4 is 5.32 Å². The molecule has 4 rings (SSSR count). The first-order chi connectivity index (χ1) is 18.7. The van der Waals surface area contributed by atoms with E-state index in [4.69, 9.17) is 11.6 Å². The van der Waals surface area contributed by atoms with Gasteiger partial charge in [0.1, 0.15) is 10.6 Å². The highest BCUT2D eigenvalue weighted by molar-refractivity contribution is 7.89. The summed E-state index contributed by atoms with van der Waals surface area (Å²) >= 11 is 6.30. The lowest BCUT2D eigenvalue weighted by molar-refractivity contribution is -0.140. The molecular formula is C23H26ClF3N8O4S. The van der Waals surface area contributed by atoms with Crippen LogP contribution in [0.15, 0.2) is 35.5 Å². The average Bonchev–Trinajstić information content (AvgIpc) is 3.50. The quantitative estimate of drug-likeness (QED) is 0.423. The summed E-state index contributed by atoms with van der Waals surface area (Å²) in [5.41, 5.74) is -1.19. The van der Waals surface area contributed by atoms with Crippen LogP contribution in [0.2, 0.25) is 5.02 Å². The number of piperazine rings is 1. The van der Waals surface area contributed by atoms with Crippen LogP contribution in [-0.2, 0) is 28.0 Å². The van der Waals surface area contributed by atoms with Crippen LogP contribution in [0.5, 0.6) is 0 Å². The fourth-order valence-electron chi connectivity index (χ4n) is 4.23. The molecular weight excluding hydrogens is 577 g/mol. The molecule has 0 atom stereocenters. The van der Waals surface area contributed by atoms with Gasteiger partial charge in [-0.05, 0) is 32.3 Å². The lowest BCUT2D eigenvalue weighted by Gasteiger charge is -2.34. The highest BCUT2D eigenvalue weighted by Crippen LogP contribution is 2.35. The van der Waals surface area contributed by atoms with Crippen LogP contribution in [0.25, 0.3) is 11.3 Å². The van der Waals surface area contributed by atoms with Crippen LogP contribution in [0.4, 0.5) is 18.9 Å². The normalized spacial score (nSPS) is 15.1. The van der Waals surface area contributed by atoms with Crippen LogP contribution in [0, 0.1) is 0 Å². The standard InChI is InChI=1S/C23H26ClF3N8O4S/c1-32(2)13-19(36)34-6-8-35(9-7-34)40(38,39)18-5-4-14(10-16(18)24)30-22(37)21-28-12-17(33(21)3)15-11-29-31-20(15)23(25,26)27/h4-5,10-12H,6-9,13H2,1-3H3,(H,29,31)(H,30,37). The highest BCUT2D eigenvalue weighted by Gasteiger charge is 2.37. The fraction of sp³-hybridized carbons (Fsp3) is 0.391. The van der Waals surface area contributed by atoms with Gasteiger partial charge in [0.15, 0.2) is 5.82 Å². The van der Waals surface area contributed by atoms with Crippen LogP contribution >= 0.6 is 11.6 Å². The largest absolute Gasteiger partial charge is 0.433 e. The Balaban J connectivity index is 1.46. The number of anilines is 1. The summed E-state index contributed by atoms with van der Waals surface area (Å²) in [5.74, 6) is -1.04. The Morgan fingerprint density at radius 2 is 1.82 bits per heavy atom. The van der Waals surface area contributed by atoms with E-state index in [0.717, 1.165) is 12.4 Å². The summed E-state index contributed by atoms with van der Waals surface area (Å²) in [4.78, 5) is 32.2. The number of carbonyl (C=O) groups is 2. The van der Waals surface area contributed by atoms with Crippen molar-refractivity contribution in [3.63, 3.8) is 0 Å². The minimum absolute atomic E-state index is 0.00853. The maximum atomic E-state index is 13.3. The zero-order valence-corrected chi connectivity index (χ0v) is 23.2. The molecule has 1 aliphatic heterocycles. The zero-order chi connectivity index (χ0) is 29.4. The molecule has 216 valence electrons. The van der Waals surface area contributed by atoms with E-state index in [9.17, 15) is 31.2 Å². The van der Waals surface area contributed by atoms with E-state index in [-0.39, 0.29) is 71.3 Å². The summed E-state index contributed by atoms with van der Waals surface area (Å²) in [7, 11) is 0.937. The van der Waals surface area contributed by atoms with Crippen LogP contribution in [0.1, 0.15) is 16.3 Å². The van der Waals surface area contributed by atoms with Crippen molar-refractivity contribution >= 4 is 39.1 Å². The number of benzene rings is 1. The van der Waals surface area contributed by atoms with E-state index >= 15 is 0 Å². The number of hydrogen-bond acceptors (Lipinski definition) is 7. The minimum atomic E-state index is -4.69. The average molecular weight is 603 g/mol. The number of carbonyl (C=O) groups excluding carboxylic acids is 2. The molecule has 40 heavy (non-hydrogen) atoms. The third-order valence-electron chi connectivity index (χ3n) is 6.24. The second-order valence-corrected chi connectivity index (χ2v) is 11.6. The predicted octanol–water partition coefficient (Wildman–Crippen LogP) is 2.13. The maximum absolute atomic E-state index is 13.3. The number of rotatable bonds is 7. The molecule has 3 heterocycles. The molecule has 0 bridgehead atoms. The van der Waals surface area contributed by atoms with Gasteiger partial charge in [-0.15, -0.1) is 0 Å². The number of likely N-dealkylation sites (N-methyl/N-ethyl adjacent to an activating group) is 1. The summed E-state index contributed by atoms with van der Waals surface area (Å²) in [5, 5.41) is 7.74. The minimum Gasteiger partial charge on any atom is -0.339 e. The van der Waals surface area contributed by atoms with E-state index in [0.29, 0.717) is 0 Å². The van der Waals surface area contributed by atoms with E-state index in [1.807, 2.05) is 5.10 Å². The number of H-pyrrole nitrogens is 1. The van der Waals surface area contributed by atoms with Gasteiger partial charge in [-0.1, -0.05) is 11.6 Å². The molecule has 1 aliphatic rings. The molecule has 2 amide bonds. The second-order valence-electron chi connectivity index (χ2n) is 9.30. The van der Waals surface area contributed by atoms with Gasteiger partial charge in [0.2, 0.25) is 15.9 Å². The lowest BCUT2D eigenvalue weighted by Crippen LogP contribution is -2.52. The van der Waals surface area contributed by atoms with Crippen molar-refractivity contribution < 1.29 is 31.2 Å². The molecule has 0 aliphatic carbocycles. The van der Waals surface area contributed by atoms with Crippen molar-refractivity contribution in [1.29, 1.82) is 0 Å². The Hall–Kier alpha value is -3.47. The van der Waals surface area contributed by atoms with Crippen molar-refractivity contribution in [2.24, 2.45) is 7.05 Å². The number of alkyl halides is 3. The molecule has 12 nitrogen and oxygen atoms in total. The zero-order valence-electron chi connectivity index (χ0n) is 21.7. The van der Waals surface area contributed by atoms with Crippen LogP contribution in [-0.4, -0.2) is 101 Å². The molecule has 17 heteroatoms. The Bertz CT molecular complexity index is 1530. The van der Waals surface area contributed by atoms with E-state index in [1.165, 1.54) is 34.1 Å². The summed E-state index contributed by atoms with van der Waals surface area (Å²) in [6, 6.07) is 3.85. The molecule has 2 N–H and O–H groups in total. The van der Waals surface area contributed by atoms with Gasteiger partial charge >= 0.3 is 6.18 Å². The SMILES string of the molecule is CN(C)CC(=O)N1CCN(S(=O)(=O)c2ccc(NC(=O)c3ncc(-c4cn[nH]c4C(F)(F)F)n3C)cc2Cl)CC1. The number of halogens is 4. The molecule has 1 saturated heterocycles. The molecule has 1 aromatic carbocycles. The van der Waals surface area contributed by atoms with Crippen molar-refractivity contribution in [2.75, 3.05) is 52.1 Å². The topological polar surface area (TPSA) is 137 Å². The number of amides is 2. The predicted molar refractivity (Wildman–Crippen MR) is 139 cm³/mol. The smallest absolute Gasteiger partial charge is 0.339 e.